The lowest BCUT2D eigenvalue weighted by Gasteiger charge is -2.47. The van der Waals surface area contributed by atoms with E-state index < -0.39 is 0 Å². The Morgan fingerprint density at radius 1 is 1.37 bits per heavy atom. The van der Waals surface area contributed by atoms with Gasteiger partial charge in [0.05, 0.1) is 26.6 Å². The summed E-state index contributed by atoms with van der Waals surface area (Å²) in [7, 11) is 0. The average Bonchev–Trinajstić information content (AvgIpc) is 2.73. The van der Waals surface area contributed by atoms with E-state index in [0.717, 1.165) is 25.9 Å². The monoisotopic (exact) mass is 374 g/mol. The summed E-state index contributed by atoms with van der Waals surface area (Å²) >= 11 is 2.48. The van der Waals surface area contributed by atoms with Crippen LogP contribution in [-0.4, -0.2) is 22.0 Å². The molecule has 1 aromatic heterocycles. The molecule has 1 aliphatic heterocycles. The van der Waals surface area contributed by atoms with E-state index in [0.29, 0.717) is 6.04 Å². The van der Waals surface area contributed by atoms with Crippen LogP contribution in [0.25, 0.3) is 0 Å². The average molecular weight is 374 g/mol. The maximum Gasteiger partial charge on any atom is 0.0758 e. The molecule has 1 saturated carbocycles. The molecule has 1 aliphatic carbocycles. The van der Waals surface area contributed by atoms with Crippen LogP contribution in [0.15, 0.2) is 0 Å². The lowest BCUT2D eigenvalue weighted by Crippen LogP contribution is -2.46. The second kappa shape index (κ2) is 5.35. The highest BCUT2D eigenvalue weighted by atomic mass is 127. The van der Waals surface area contributed by atoms with Crippen LogP contribution >= 0.6 is 22.6 Å². The molecule has 106 valence electrons. The summed E-state index contributed by atoms with van der Waals surface area (Å²) in [6, 6.07) is 0.554. The summed E-state index contributed by atoms with van der Waals surface area (Å²) in [4.78, 5) is 0. The van der Waals surface area contributed by atoms with E-state index in [1.54, 1.807) is 0 Å². The van der Waals surface area contributed by atoms with E-state index in [2.05, 4.69) is 41.1 Å². The smallest absolute Gasteiger partial charge is 0.0758 e. The SMILES string of the molecule is CCc1nn(C2CCOC3(CCC3)C2)c(CC)c1I. The van der Waals surface area contributed by atoms with Gasteiger partial charge in [-0.05, 0) is 67.5 Å². The van der Waals surface area contributed by atoms with Crippen molar-refractivity contribution in [3.05, 3.63) is 15.0 Å². The fraction of sp³-hybridized carbons (Fsp3) is 0.800. The van der Waals surface area contributed by atoms with Crippen molar-refractivity contribution in [2.75, 3.05) is 6.61 Å². The first-order valence-corrected chi connectivity index (χ1v) is 8.66. The first-order valence-electron chi connectivity index (χ1n) is 7.59. The molecular weight excluding hydrogens is 351 g/mol. The molecule has 3 rings (SSSR count). The van der Waals surface area contributed by atoms with Crippen molar-refractivity contribution >= 4 is 22.6 Å². The highest BCUT2D eigenvalue weighted by Crippen LogP contribution is 2.46. The van der Waals surface area contributed by atoms with Gasteiger partial charge < -0.3 is 4.74 Å². The molecule has 1 unspecified atom stereocenters. The van der Waals surface area contributed by atoms with Gasteiger partial charge in [-0.1, -0.05) is 13.8 Å². The van der Waals surface area contributed by atoms with Gasteiger partial charge in [-0.3, -0.25) is 4.68 Å². The molecule has 2 heterocycles. The Kier molecular flexibility index (Phi) is 3.91. The minimum absolute atomic E-state index is 0.206. The molecule has 0 bridgehead atoms. The molecule has 0 amide bonds. The predicted octanol–water partition coefficient (Wildman–Crippen LogP) is 3.89. The zero-order chi connectivity index (χ0) is 13.5. The number of aromatic nitrogens is 2. The molecule has 2 aliphatic rings. The van der Waals surface area contributed by atoms with Crippen LogP contribution in [-0.2, 0) is 17.6 Å². The topological polar surface area (TPSA) is 27.1 Å². The number of aryl methyl sites for hydroxylation is 1. The molecule has 3 nitrogen and oxygen atoms in total. The summed E-state index contributed by atoms with van der Waals surface area (Å²) in [5.41, 5.74) is 2.91. The van der Waals surface area contributed by atoms with Gasteiger partial charge in [-0.2, -0.15) is 5.10 Å². The van der Waals surface area contributed by atoms with Crippen molar-refractivity contribution in [3.8, 4) is 0 Å². The van der Waals surface area contributed by atoms with Crippen LogP contribution in [0.2, 0.25) is 0 Å². The molecule has 4 heteroatoms. The first-order chi connectivity index (χ1) is 9.19. The van der Waals surface area contributed by atoms with Crippen molar-refractivity contribution < 1.29 is 4.74 Å². The Bertz CT molecular complexity index is 465. The molecule has 1 saturated heterocycles. The van der Waals surface area contributed by atoms with E-state index in [4.69, 9.17) is 9.84 Å². The standard InChI is InChI=1S/C15H23IN2O/c1-3-12-14(16)13(4-2)18(17-12)11-6-9-19-15(10-11)7-5-8-15/h11H,3-10H2,1-2H3. The van der Waals surface area contributed by atoms with Gasteiger partial charge in [0.25, 0.3) is 0 Å². The van der Waals surface area contributed by atoms with Crippen molar-refractivity contribution in [2.45, 2.75) is 70.4 Å². The van der Waals surface area contributed by atoms with Gasteiger partial charge in [0, 0.05) is 6.61 Å². The van der Waals surface area contributed by atoms with Crippen LogP contribution in [0.4, 0.5) is 0 Å². The third-order valence-electron chi connectivity index (χ3n) is 4.76. The van der Waals surface area contributed by atoms with Crippen molar-refractivity contribution in [1.82, 2.24) is 9.78 Å². The highest BCUT2D eigenvalue weighted by molar-refractivity contribution is 14.1. The van der Waals surface area contributed by atoms with E-state index in [1.807, 2.05) is 0 Å². The second-order valence-corrected chi connectivity index (χ2v) is 6.97. The van der Waals surface area contributed by atoms with Crippen LogP contribution in [0.1, 0.15) is 63.4 Å². The molecule has 2 fully saturated rings. The van der Waals surface area contributed by atoms with Gasteiger partial charge in [-0.25, -0.2) is 0 Å². The quantitative estimate of drug-likeness (QED) is 0.751. The maximum absolute atomic E-state index is 6.05. The van der Waals surface area contributed by atoms with Crippen molar-refractivity contribution in [2.24, 2.45) is 0 Å². The molecule has 19 heavy (non-hydrogen) atoms. The number of hydrogen-bond donors (Lipinski definition) is 0. The minimum atomic E-state index is 0.206. The zero-order valence-corrected chi connectivity index (χ0v) is 14.1. The van der Waals surface area contributed by atoms with Gasteiger partial charge in [0.15, 0.2) is 0 Å². The highest BCUT2D eigenvalue weighted by Gasteiger charge is 2.43. The predicted molar refractivity (Wildman–Crippen MR) is 84.5 cm³/mol. The number of nitrogens with zero attached hydrogens (tertiary/aromatic N) is 2. The fourth-order valence-electron chi connectivity index (χ4n) is 3.48. The third-order valence-corrected chi connectivity index (χ3v) is 6.00. The van der Waals surface area contributed by atoms with Crippen LogP contribution in [0.5, 0.6) is 0 Å². The van der Waals surface area contributed by atoms with Gasteiger partial charge >= 0.3 is 0 Å². The number of hydrogen-bond acceptors (Lipinski definition) is 2. The van der Waals surface area contributed by atoms with E-state index in [1.165, 1.54) is 40.6 Å². The molecule has 0 N–H and O–H groups in total. The Balaban J connectivity index is 1.88. The summed E-state index contributed by atoms with van der Waals surface area (Å²) in [6.07, 6.45) is 8.25. The fourth-order valence-corrected chi connectivity index (χ4v) is 4.59. The number of rotatable bonds is 3. The maximum atomic E-state index is 6.05. The Morgan fingerprint density at radius 2 is 2.16 bits per heavy atom. The Labute approximate surface area is 129 Å². The lowest BCUT2D eigenvalue weighted by atomic mass is 9.74. The molecule has 0 radical (unpaired) electrons. The zero-order valence-electron chi connectivity index (χ0n) is 11.9. The van der Waals surface area contributed by atoms with E-state index in [9.17, 15) is 0 Å². The van der Waals surface area contributed by atoms with Gasteiger partial charge in [0.1, 0.15) is 0 Å². The lowest BCUT2D eigenvalue weighted by molar-refractivity contribution is -0.141. The molecule has 1 atom stereocenters. The Hall–Kier alpha value is -0.100. The minimum Gasteiger partial charge on any atom is -0.375 e. The van der Waals surface area contributed by atoms with Crippen molar-refractivity contribution in [1.29, 1.82) is 0 Å². The van der Waals surface area contributed by atoms with Crippen LogP contribution in [0, 0.1) is 3.57 Å². The first kappa shape index (κ1) is 13.9. The third kappa shape index (κ3) is 2.35. The summed E-state index contributed by atoms with van der Waals surface area (Å²) in [5.74, 6) is 0. The molecule has 0 aromatic carbocycles. The van der Waals surface area contributed by atoms with Crippen molar-refractivity contribution in [3.63, 3.8) is 0 Å². The molecule has 1 aromatic rings. The van der Waals surface area contributed by atoms with Crippen LogP contribution < -0.4 is 0 Å². The summed E-state index contributed by atoms with van der Waals surface area (Å²) in [5, 5.41) is 4.90. The van der Waals surface area contributed by atoms with E-state index in [-0.39, 0.29) is 5.60 Å². The summed E-state index contributed by atoms with van der Waals surface area (Å²) in [6.45, 7) is 5.35. The number of halogens is 1. The number of ether oxygens (including phenoxy) is 1. The largest absolute Gasteiger partial charge is 0.375 e. The molecular formula is C15H23IN2O. The summed E-state index contributed by atoms with van der Waals surface area (Å²) < 4.78 is 9.77. The Morgan fingerprint density at radius 3 is 2.74 bits per heavy atom. The van der Waals surface area contributed by atoms with Gasteiger partial charge in [0.2, 0.25) is 0 Å². The van der Waals surface area contributed by atoms with Gasteiger partial charge in [-0.15, -0.1) is 0 Å². The molecule has 1 spiro atoms. The van der Waals surface area contributed by atoms with Crippen LogP contribution in [0.3, 0.4) is 0 Å². The second-order valence-electron chi connectivity index (χ2n) is 5.89. The van der Waals surface area contributed by atoms with E-state index >= 15 is 0 Å². The normalized spacial score (nSPS) is 25.5.